The van der Waals surface area contributed by atoms with Crippen LogP contribution < -0.4 is 5.32 Å². The first-order valence-electron chi connectivity index (χ1n) is 5.13. The number of nitrogens with one attached hydrogen (secondary N) is 1. The Labute approximate surface area is 102 Å². The molecule has 0 bridgehead atoms. The average Bonchev–Trinajstić information content (AvgIpc) is 2.28. The van der Waals surface area contributed by atoms with E-state index < -0.39 is 30.3 Å². The minimum Gasteiger partial charge on any atom is -0.481 e. The number of aliphatic carboxylic acids is 2. The molecule has 0 radical (unpaired) electrons. The minimum absolute atomic E-state index is 0.0930. The van der Waals surface area contributed by atoms with Crippen LogP contribution >= 0.6 is 0 Å². The van der Waals surface area contributed by atoms with Gasteiger partial charge in [0.25, 0.3) is 0 Å². The van der Waals surface area contributed by atoms with Crippen molar-refractivity contribution in [3.63, 3.8) is 0 Å². The highest BCUT2D eigenvalue weighted by atomic mass is 16.4. The molecule has 18 heavy (non-hydrogen) atoms. The predicted octanol–water partition coefficient (Wildman–Crippen LogP) is -0.332. The highest BCUT2D eigenvalue weighted by molar-refractivity contribution is 5.87. The van der Waals surface area contributed by atoms with Crippen LogP contribution in [0.2, 0.25) is 0 Å². The van der Waals surface area contributed by atoms with Crippen molar-refractivity contribution in [1.82, 2.24) is 10.3 Å². The summed E-state index contributed by atoms with van der Waals surface area (Å²) in [7, 11) is 0. The molecule has 1 atom stereocenters. The Morgan fingerprint density at radius 3 is 2.50 bits per heavy atom. The molecule has 0 aliphatic rings. The van der Waals surface area contributed by atoms with Crippen LogP contribution in [0.3, 0.4) is 0 Å². The summed E-state index contributed by atoms with van der Waals surface area (Å²) in [5.41, 5.74) is 0.481. The molecule has 0 spiro atoms. The summed E-state index contributed by atoms with van der Waals surface area (Å²) in [5.74, 6) is -3.25. The molecule has 7 heteroatoms. The first-order valence-corrected chi connectivity index (χ1v) is 5.13. The van der Waals surface area contributed by atoms with Crippen molar-refractivity contribution in [3.8, 4) is 0 Å². The normalized spacial score (nSPS) is 11.6. The second kappa shape index (κ2) is 6.33. The fourth-order valence-electron chi connectivity index (χ4n) is 1.29. The van der Waals surface area contributed by atoms with Crippen molar-refractivity contribution in [2.24, 2.45) is 0 Å². The highest BCUT2D eigenvalue weighted by Gasteiger charge is 2.22. The number of hydrogen-bond donors (Lipinski definition) is 3. The fourth-order valence-corrected chi connectivity index (χ4v) is 1.29. The SMILES string of the molecule is O=C(O)C[C@@H](NC(=O)Cc1ccccn1)C(=O)O. The molecule has 0 saturated heterocycles. The maximum absolute atomic E-state index is 11.5. The lowest BCUT2D eigenvalue weighted by Crippen LogP contribution is -2.42. The number of carbonyl (C=O) groups excluding carboxylic acids is 1. The Hall–Kier alpha value is -2.44. The Bertz CT molecular complexity index is 446. The molecule has 0 unspecified atom stereocenters. The van der Waals surface area contributed by atoms with Gasteiger partial charge in [0.2, 0.25) is 5.91 Å². The first kappa shape index (κ1) is 13.6. The van der Waals surface area contributed by atoms with E-state index in [9.17, 15) is 14.4 Å². The summed E-state index contributed by atoms with van der Waals surface area (Å²) in [6, 6.07) is 3.57. The summed E-state index contributed by atoms with van der Waals surface area (Å²) in [6.07, 6.45) is 0.752. The standard InChI is InChI=1S/C11H12N2O5/c14-9(5-7-3-1-2-4-12-7)13-8(11(17)18)6-10(15)16/h1-4,8H,5-6H2,(H,13,14)(H,15,16)(H,17,18)/t8-/m1/s1. The molecule has 1 amide bonds. The van der Waals surface area contributed by atoms with Crippen molar-refractivity contribution in [1.29, 1.82) is 0 Å². The van der Waals surface area contributed by atoms with E-state index in [-0.39, 0.29) is 6.42 Å². The van der Waals surface area contributed by atoms with Gasteiger partial charge in [-0.2, -0.15) is 0 Å². The van der Waals surface area contributed by atoms with Crippen molar-refractivity contribution in [2.75, 3.05) is 0 Å². The summed E-state index contributed by atoms with van der Waals surface area (Å²) >= 11 is 0. The fraction of sp³-hybridized carbons (Fsp3) is 0.273. The summed E-state index contributed by atoms with van der Waals surface area (Å²) in [4.78, 5) is 36.6. The van der Waals surface area contributed by atoms with Crippen LogP contribution in [-0.4, -0.2) is 39.1 Å². The quantitative estimate of drug-likeness (QED) is 0.638. The van der Waals surface area contributed by atoms with Crippen LogP contribution in [0.4, 0.5) is 0 Å². The lowest BCUT2D eigenvalue weighted by Gasteiger charge is -2.11. The van der Waals surface area contributed by atoms with Crippen LogP contribution in [0.15, 0.2) is 24.4 Å². The number of carbonyl (C=O) groups is 3. The van der Waals surface area contributed by atoms with E-state index in [2.05, 4.69) is 10.3 Å². The largest absolute Gasteiger partial charge is 0.481 e. The molecule has 0 aliphatic heterocycles. The zero-order valence-corrected chi connectivity index (χ0v) is 9.37. The van der Waals surface area contributed by atoms with Gasteiger partial charge in [-0.1, -0.05) is 6.07 Å². The zero-order chi connectivity index (χ0) is 13.5. The maximum atomic E-state index is 11.5. The van der Waals surface area contributed by atoms with Crippen LogP contribution in [0, 0.1) is 0 Å². The lowest BCUT2D eigenvalue weighted by atomic mass is 10.2. The van der Waals surface area contributed by atoms with Gasteiger partial charge in [0.15, 0.2) is 0 Å². The van der Waals surface area contributed by atoms with E-state index in [0.29, 0.717) is 5.69 Å². The molecule has 0 saturated carbocycles. The van der Waals surface area contributed by atoms with Gasteiger partial charge in [-0.3, -0.25) is 14.6 Å². The topological polar surface area (TPSA) is 117 Å². The van der Waals surface area contributed by atoms with E-state index >= 15 is 0 Å². The molecule has 1 aromatic rings. The van der Waals surface area contributed by atoms with Crippen LogP contribution in [0.1, 0.15) is 12.1 Å². The van der Waals surface area contributed by atoms with E-state index in [4.69, 9.17) is 10.2 Å². The third-order valence-electron chi connectivity index (χ3n) is 2.08. The second-order valence-corrected chi connectivity index (χ2v) is 3.55. The number of pyridine rings is 1. The Balaban J connectivity index is 2.56. The van der Waals surface area contributed by atoms with Gasteiger partial charge in [0, 0.05) is 11.9 Å². The number of hydrogen-bond acceptors (Lipinski definition) is 4. The molecule has 0 fully saturated rings. The van der Waals surface area contributed by atoms with Gasteiger partial charge in [0.05, 0.1) is 12.8 Å². The van der Waals surface area contributed by atoms with Gasteiger partial charge >= 0.3 is 11.9 Å². The van der Waals surface area contributed by atoms with E-state index in [0.717, 1.165) is 0 Å². The van der Waals surface area contributed by atoms with Crippen molar-refractivity contribution in [3.05, 3.63) is 30.1 Å². The van der Waals surface area contributed by atoms with Crippen molar-refractivity contribution in [2.45, 2.75) is 18.9 Å². The van der Waals surface area contributed by atoms with Gasteiger partial charge in [-0.05, 0) is 12.1 Å². The molecule has 0 aromatic carbocycles. The molecule has 7 nitrogen and oxygen atoms in total. The minimum atomic E-state index is -1.43. The van der Waals surface area contributed by atoms with E-state index in [1.807, 2.05) is 0 Å². The number of rotatable bonds is 6. The monoisotopic (exact) mass is 252 g/mol. The summed E-state index contributed by atoms with van der Waals surface area (Å²) < 4.78 is 0. The van der Waals surface area contributed by atoms with Crippen molar-refractivity contribution >= 4 is 17.8 Å². The number of carboxylic acid groups (broad SMARTS) is 2. The molecular weight excluding hydrogens is 240 g/mol. The number of amides is 1. The molecule has 3 N–H and O–H groups in total. The number of aromatic nitrogens is 1. The maximum Gasteiger partial charge on any atom is 0.326 e. The summed E-state index contributed by atoms with van der Waals surface area (Å²) in [5, 5.41) is 19.4. The van der Waals surface area contributed by atoms with Crippen molar-refractivity contribution < 1.29 is 24.6 Å². The molecular formula is C11H12N2O5. The Morgan fingerprint density at radius 1 is 1.28 bits per heavy atom. The average molecular weight is 252 g/mol. The predicted molar refractivity (Wildman–Crippen MR) is 59.8 cm³/mol. The van der Waals surface area contributed by atoms with Crippen LogP contribution in [-0.2, 0) is 20.8 Å². The van der Waals surface area contributed by atoms with E-state index in [1.165, 1.54) is 6.20 Å². The number of carboxylic acids is 2. The van der Waals surface area contributed by atoms with Gasteiger partial charge in [0.1, 0.15) is 6.04 Å². The van der Waals surface area contributed by atoms with Gasteiger partial charge in [-0.25, -0.2) is 4.79 Å². The molecule has 1 rings (SSSR count). The van der Waals surface area contributed by atoms with Crippen LogP contribution in [0.25, 0.3) is 0 Å². The van der Waals surface area contributed by atoms with Gasteiger partial charge < -0.3 is 15.5 Å². The van der Waals surface area contributed by atoms with Crippen LogP contribution in [0.5, 0.6) is 0 Å². The summed E-state index contributed by atoms with van der Waals surface area (Å²) in [6.45, 7) is 0. The molecule has 96 valence electrons. The lowest BCUT2D eigenvalue weighted by molar-refractivity contribution is -0.147. The highest BCUT2D eigenvalue weighted by Crippen LogP contribution is 1.97. The molecule has 1 heterocycles. The van der Waals surface area contributed by atoms with E-state index in [1.54, 1.807) is 18.2 Å². The van der Waals surface area contributed by atoms with Gasteiger partial charge in [-0.15, -0.1) is 0 Å². The number of nitrogens with zero attached hydrogens (tertiary/aromatic N) is 1. The third-order valence-corrected chi connectivity index (χ3v) is 2.08. The molecule has 0 aliphatic carbocycles. The zero-order valence-electron chi connectivity index (χ0n) is 9.37. The third kappa shape index (κ3) is 4.60. The smallest absolute Gasteiger partial charge is 0.326 e. The molecule has 1 aromatic heterocycles. The second-order valence-electron chi connectivity index (χ2n) is 3.55. The Kier molecular flexibility index (Phi) is 4.79. The first-order chi connectivity index (χ1) is 8.49. The Morgan fingerprint density at radius 2 is 2.00 bits per heavy atom.